The molecule has 2 bridgehead atoms. The Bertz CT molecular complexity index is 186. The molecule has 2 heteroatoms. The van der Waals surface area contributed by atoms with Gasteiger partial charge in [0.05, 0.1) is 10.8 Å². The molecule has 0 aromatic heterocycles. The van der Waals surface area contributed by atoms with E-state index in [-0.39, 0.29) is 10.8 Å². The summed E-state index contributed by atoms with van der Waals surface area (Å²) < 4.78 is 0. The van der Waals surface area contributed by atoms with E-state index in [9.17, 15) is 0 Å². The normalized spacial score (nSPS) is 51.7. The molecule has 0 nitrogen and oxygen atoms in total. The van der Waals surface area contributed by atoms with Gasteiger partial charge in [0.1, 0.15) is 0 Å². The van der Waals surface area contributed by atoms with Crippen molar-refractivity contribution in [1.29, 1.82) is 0 Å². The van der Waals surface area contributed by atoms with Crippen molar-refractivity contribution < 1.29 is 0 Å². The molecule has 0 saturated heterocycles. The Morgan fingerprint density at radius 1 is 1.40 bits per heavy atom. The maximum absolute atomic E-state index is 6.08. The third kappa shape index (κ3) is 0.754. The molecule has 4 atom stereocenters. The molecule has 1 fully saturated rings. The van der Waals surface area contributed by atoms with Gasteiger partial charge in [-0.15, -0.1) is 23.2 Å². The summed E-state index contributed by atoms with van der Waals surface area (Å²) in [4.78, 5) is 0. The van der Waals surface area contributed by atoms with E-state index in [4.69, 9.17) is 23.2 Å². The van der Waals surface area contributed by atoms with E-state index in [1.165, 1.54) is 12.0 Å². The SMILES string of the molecule is CC1=CC2CC1C(Cl)C2Cl. The molecule has 0 heterocycles. The Morgan fingerprint density at radius 2 is 2.10 bits per heavy atom. The predicted octanol–water partition coefficient (Wildman–Crippen LogP) is 2.80. The number of halogens is 2. The first kappa shape index (κ1) is 7.00. The number of allylic oxidation sites excluding steroid dienone is 2. The second-order valence-corrected chi connectivity index (χ2v) is 4.31. The Morgan fingerprint density at radius 3 is 2.50 bits per heavy atom. The summed E-state index contributed by atoms with van der Waals surface area (Å²) in [6.45, 7) is 2.16. The summed E-state index contributed by atoms with van der Waals surface area (Å²) in [5.41, 5.74) is 1.45. The lowest BCUT2D eigenvalue weighted by molar-refractivity contribution is 0.665. The van der Waals surface area contributed by atoms with Crippen molar-refractivity contribution in [1.82, 2.24) is 0 Å². The van der Waals surface area contributed by atoms with Gasteiger partial charge in [0.2, 0.25) is 0 Å². The van der Waals surface area contributed by atoms with Crippen LogP contribution in [0.1, 0.15) is 13.3 Å². The number of hydrogen-bond acceptors (Lipinski definition) is 0. The molecule has 0 aromatic carbocycles. The third-order valence-corrected chi connectivity index (χ3v) is 3.99. The van der Waals surface area contributed by atoms with Gasteiger partial charge in [0.25, 0.3) is 0 Å². The lowest BCUT2D eigenvalue weighted by Crippen LogP contribution is -2.21. The largest absolute Gasteiger partial charge is 0.121 e. The van der Waals surface area contributed by atoms with Gasteiger partial charge in [-0.05, 0) is 25.2 Å². The van der Waals surface area contributed by atoms with Crippen molar-refractivity contribution in [2.24, 2.45) is 11.8 Å². The van der Waals surface area contributed by atoms with Crippen LogP contribution in [0, 0.1) is 11.8 Å². The molecule has 0 spiro atoms. The van der Waals surface area contributed by atoms with Crippen LogP contribution in [0.3, 0.4) is 0 Å². The first-order valence-electron chi connectivity index (χ1n) is 3.66. The van der Waals surface area contributed by atoms with E-state index in [1.807, 2.05) is 0 Å². The summed E-state index contributed by atoms with van der Waals surface area (Å²) in [7, 11) is 0. The van der Waals surface area contributed by atoms with Crippen molar-refractivity contribution in [2.45, 2.75) is 24.1 Å². The van der Waals surface area contributed by atoms with Crippen LogP contribution in [-0.2, 0) is 0 Å². The minimum Gasteiger partial charge on any atom is -0.121 e. The summed E-state index contributed by atoms with van der Waals surface area (Å²) >= 11 is 12.1. The molecule has 2 rings (SSSR count). The third-order valence-electron chi connectivity index (χ3n) is 2.69. The molecule has 56 valence electrons. The van der Waals surface area contributed by atoms with Crippen molar-refractivity contribution in [3.63, 3.8) is 0 Å². The molecule has 2 aliphatic carbocycles. The minimum absolute atomic E-state index is 0.190. The van der Waals surface area contributed by atoms with Crippen LogP contribution in [0.25, 0.3) is 0 Å². The zero-order valence-corrected chi connectivity index (χ0v) is 7.36. The Hall–Kier alpha value is 0.320. The standard InChI is InChI=1S/C8H10Cl2/c1-4-2-5-3-6(4)8(10)7(5)9/h2,5-8H,3H2,1H3. The van der Waals surface area contributed by atoms with Gasteiger partial charge >= 0.3 is 0 Å². The molecule has 0 aliphatic heterocycles. The zero-order valence-electron chi connectivity index (χ0n) is 5.85. The second-order valence-electron chi connectivity index (χ2n) is 3.31. The van der Waals surface area contributed by atoms with Gasteiger partial charge in [-0.25, -0.2) is 0 Å². The molecular formula is C8H10Cl2. The van der Waals surface area contributed by atoms with E-state index in [0.717, 1.165) is 0 Å². The minimum atomic E-state index is 0.190. The number of rotatable bonds is 0. The molecule has 0 amide bonds. The molecule has 1 saturated carbocycles. The fraction of sp³-hybridized carbons (Fsp3) is 0.750. The lowest BCUT2D eigenvalue weighted by atomic mass is 9.99. The van der Waals surface area contributed by atoms with Gasteiger partial charge in [-0.3, -0.25) is 0 Å². The average molecular weight is 177 g/mol. The number of alkyl halides is 2. The van der Waals surface area contributed by atoms with Gasteiger partial charge in [-0.1, -0.05) is 11.6 Å². The molecule has 2 aliphatic rings. The zero-order chi connectivity index (χ0) is 7.30. The fourth-order valence-corrected chi connectivity index (χ4v) is 2.91. The summed E-state index contributed by atoms with van der Waals surface area (Å²) in [6, 6.07) is 0. The summed E-state index contributed by atoms with van der Waals surface area (Å²) in [5, 5.41) is 0.382. The monoisotopic (exact) mass is 176 g/mol. The van der Waals surface area contributed by atoms with Crippen LogP contribution >= 0.6 is 23.2 Å². The smallest absolute Gasteiger partial charge is 0.0570 e. The van der Waals surface area contributed by atoms with E-state index >= 15 is 0 Å². The molecule has 10 heavy (non-hydrogen) atoms. The molecule has 0 aromatic rings. The van der Waals surface area contributed by atoms with E-state index in [2.05, 4.69) is 13.0 Å². The Balaban J connectivity index is 2.29. The Labute approximate surface area is 71.2 Å². The van der Waals surface area contributed by atoms with Crippen LogP contribution in [0.15, 0.2) is 11.6 Å². The van der Waals surface area contributed by atoms with Crippen LogP contribution in [0.2, 0.25) is 0 Å². The second kappa shape index (κ2) is 2.15. The van der Waals surface area contributed by atoms with Crippen LogP contribution in [0.4, 0.5) is 0 Å². The summed E-state index contributed by atoms with van der Waals surface area (Å²) in [5.74, 6) is 1.14. The highest BCUT2D eigenvalue weighted by molar-refractivity contribution is 6.31. The van der Waals surface area contributed by atoms with Gasteiger partial charge in [-0.2, -0.15) is 0 Å². The highest BCUT2D eigenvalue weighted by atomic mass is 35.5. The van der Waals surface area contributed by atoms with Crippen LogP contribution in [0.5, 0.6) is 0 Å². The lowest BCUT2D eigenvalue weighted by Gasteiger charge is -2.19. The first-order chi connectivity index (χ1) is 4.70. The van der Waals surface area contributed by atoms with Gasteiger partial charge in [0.15, 0.2) is 0 Å². The van der Waals surface area contributed by atoms with Crippen LogP contribution < -0.4 is 0 Å². The van der Waals surface area contributed by atoms with Crippen LogP contribution in [-0.4, -0.2) is 10.8 Å². The van der Waals surface area contributed by atoms with Crippen molar-refractivity contribution in [2.75, 3.05) is 0 Å². The first-order valence-corrected chi connectivity index (χ1v) is 4.54. The maximum atomic E-state index is 6.08. The van der Waals surface area contributed by atoms with Crippen molar-refractivity contribution in [3.05, 3.63) is 11.6 Å². The van der Waals surface area contributed by atoms with E-state index < -0.39 is 0 Å². The summed E-state index contributed by atoms with van der Waals surface area (Å²) in [6.07, 6.45) is 3.47. The number of fused-ring (bicyclic) bond motifs is 2. The maximum Gasteiger partial charge on any atom is 0.0570 e. The molecular weight excluding hydrogens is 167 g/mol. The Kier molecular flexibility index (Phi) is 1.50. The van der Waals surface area contributed by atoms with Gasteiger partial charge < -0.3 is 0 Å². The quantitative estimate of drug-likeness (QED) is 0.394. The van der Waals surface area contributed by atoms with Crippen molar-refractivity contribution >= 4 is 23.2 Å². The van der Waals surface area contributed by atoms with E-state index in [0.29, 0.717) is 11.8 Å². The molecule has 0 radical (unpaired) electrons. The number of hydrogen-bond donors (Lipinski definition) is 0. The predicted molar refractivity (Wildman–Crippen MR) is 44.6 cm³/mol. The average Bonchev–Trinajstić information content (AvgIpc) is 2.36. The molecule has 4 unspecified atom stereocenters. The molecule has 0 N–H and O–H groups in total. The van der Waals surface area contributed by atoms with Gasteiger partial charge in [0, 0.05) is 0 Å². The topological polar surface area (TPSA) is 0 Å². The highest BCUT2D eigenvalue weighted by Gasteiger charge is 2.45. The van der Waals surface area contributed by atoms with E-state index in [1.54, 1.807) is 0 Å². The highest BCUT2D eigenvalue weighted by Crippen LogP contribution is 2.48. The van der Waals surface area contributed by atoms with Crippen molar-refractivity contribution in [3.8, 4) is 0 Å². The fourth-order valence-electron chi connectivity index (χ4n) is 2.07.